The molecule has 18 heavy (non-hydrogen) atoms. The monoisotopic (exact) mass is 256 g/mol. The number of carbonyl (C=O) groups excluding carboxylic acids is 1. The van der Waals surface area contributed by atoms with E-state index < -0.39 is 6.04 Å². The summed E-state index contributed by atoms with van der Waals surface area (Å²) in [6.45, 7) is 2.70. The molecule has 0 aliphatic carbocycles. The number of rotatable bonds is 7. The molecule has 1 rings (SSSR count). The van der Waals surface area contributed by atoms with Gasteiger partial charge in [-0.05, 0) is 24.8 Å². The SMILES string of the molecule is COCCCC(N)C(=O)N1CC=C(COC)CC1. The van der Waals surface area contributed by atoms with Gasteiger partial charge in [-0.3, -0.25) is 4.79 Å². The molecule has 104 valence electrons. The van der Waals surface area contributed by atoms with Gasteiger partial charge >= 0.3 is 0 Å². The summed E-state index contributed by atoms with van der Waals surface area (Å²) in [7, 11) is 3.34. The van der Waals surface area contributed by atoms with Gasteiger partial charge in [-0.25, -0.2) is 0 Å². The van der Waals surface area contributed by atoms with E-state index in [1.165, 1.54) is 5.57 Å². The second-order valence-corrected chi connectivity index (χ2v) is 4.57. The first-order valence-corrected chi connectivity index (χ1v) is 6.39. The number of hydrogen-bond acceptors (Lipinski definition) is 4. The van der Waals surface area contributed by atoms with Gasteiger partial charge in [0.2, 0.25) is 5.91 Å². The van der Waals surface area contributed by atoms with Crippen LogP contribution < -0.4 is 5.73 Å². The van der Waals surface area contributed by atoms with Crippen molar-refractivity contribution >= 4 is 5.91 Å². The van der Waals surface area contributed by atoms with Crippen molar-refractivity contribution in [3.63, 3.8) is 0 Å². The van der Waals surface area contributed by atoms with E-state index in [-0.39, 0.29) is 5.91 Å². The number of ether oxygens (including phenoxy) is 2. The van der Waals surface area contributed by atoms with Crippen LogP contribution in [0.25, 0.3) is 0 Å². The van der Waals surface area contributed by atoms with Crippen LogP contribution in [0.3, 0.4) is 0 Å². The maximum absolute atomic E-state index is 12.1. The highest BCUT2D eigenvalue weighted by molar-refractivity contribution is 5.81. The summed E-state index contributed by atoms with van der Waals surface area (Å²) in [5, 5.41) is 0. The molecule has 0 aromatic rings. The Balaban J connectivity index is 2.35. The van der Waals surface area contributed by atoms with Crippen LogP contribution in [0.1, 0.15) is 19.3 Å². The number of carbonyl (C=O) groups is 1. The first kappa shape index (κ1) is 15.1. The van der Waals surface area contributed by atoms with E-state index in [9.17, 15) is 4.79 Å². The van der Waals surface area contributed by atoms with Gasteiger partial charge in [0.25, 0.3) is 0 Å². The third-order valence-electron chi connectivity index (χ3n) is 3.13. The van der Waals surface area contributed by atoms with Gasteiger partial charge in [-0.1, -0.05) is 6.08 Å². The molecule has 0 aromatic carbocycles. The predicted molar refractivity (Wildman–Crippen MR) is 70.2 cm³/mol. The lowest BCUT2D eigenvalue weighted by atomic mass is 10.1. The molecule has 5 heteroatoms. The molecular weight excluding hydrogens is 232 g/mol. The minimum Gasteiger partial charge on any atom is -0.385 e. The molecule has 5 nitrogen and oxygen atoms in total. The normalized spacial score (nSPS) is 17.5. The zero-order chi connectivity index (χ0) is 13.4. The summed E-state index contributed by atoms with van der Waals surface area (Å²) in [6, 6.07) is -0.405. The average molecular weight is 256 g/mol. The lowest BCUT2D eigenvalue weighted by Crippen LogP contribution is -2.45. The van der Waals surface area contributed by atoms with Crippen LogP contribution in [0.2, 0.25) is 0 Å². The first-order chi connectivity index (χ1) is 8.69. The maximum atomic E-state index is 12.1. The van der Waals surface area contributed by atoms with Crippen molar-refractivity contribution in [2.24, 2.45) is 5.73 Å². The lowest BCUT2D eigenvalue weighted by Gasteiger charge is -2.28. The lowest BCUT2D eigenvalue weighted by molar-refractivity contribution is -0.132. The molecule has 0 aromatic heterocycles. The predicted octanol–water partition coefficient (Wildman–Crippen LogP) is 0.545. The van der Waals surface area contributed by atoms with E-state index in [4.69, 9.17) is 15.2 Å². The summed E-state index contributed by atoms with van der Waals surface area (Å²) in [5.74, 6) is 0.0406. The average Bonchev–Trinajstić information content (AvgIpc) is 2.39. The zero-order valence-corrected chi connectivity index (χ0v) is 11.4. The van der Waals surface area contributed by atoms with Crippen molar-refractivity contribution in [3.05, 3.63) is 11.6 Å². The number of amides is 1. The topological polar surface area (TPSA) is 64.8 Å². The van der Waals surface area contributed by atoms with Crippen molar-refractivity contribution in [1.29, 1.82) is 0 Å². The molecule has 1 heterocycles. The summed E-state index contributed by atoms with van der Waals surface area (Å²) >= 11 is 0. The molecule has 1 amide bonds. The Morgan fingerprint density at radius 3 is 2.83 bits per heavy atom. The van der Waals surface area contributed by atoms with Crippen molar-refractivity contribution < 1.29 is 14.3 Å². The van der Waals surface area contributed by atoms with E-state index >= 15 is 0 Å². The quantitative estimate of drug-likeness (QED) is 0.533. The fourth-order valence-electron chi connectivity index (χ4n) is 2.03. The maximum Gasteiger partial charge on any atom is 0.239 e. The van der Waals surface area contributed by atoms with Crippen molar-refractivity contribution in [3.8, 4) is 0 Å². The number of methoxy groups -OCH3 is 2. The molecule has 1 aliphatic rings. The summed E-state index contributed by atoms with van der Waals surface area (Å²) < 4.78 is 10.0. The van der Waals surface area contributed by atoms with Gasteiger partial charge in [0.1, 0.15) is 0 Å². The van der Waals surface area contributed by atoms with Gasteiger partial charge in [-0.2, -0.15) is 0 Å². The second kappa shape index (κ2) is 8.24. The standard InChI is InChI=1S/C13H24N2O3/c1-17-9-3-4-12(14)13(16)15-7-5-11(6-8-15)10-18-2/h5,12H,3-4,6-10,14H2,1-2H3. The van der Waals surface area contributed by atoms with Crippen LogP contribution in [0.5, 0.6) is 0 Å². The number of nitrogens with two attached hydrogens (primary N) is 1. The highest BCUT2D eigenvalue weighted by atomic mass is 16.5. The Labute approximate surface area is 109 Å². The van der Waals surface area contributed by atoms with Crippen LogP contribution in [0, 0.1) is 0 Å². The van der Waals surface area contributed by atoms with E-state index in [1.807, 2.05) is 4.90 Å². The van der Waals surface area contributed by atoms with Crippen LogP contribution in [0.4, 0.5) is 0 Å². The summed E-state index contributed by atoms with van der Waals surface area (Å²) in [4.78, 5) is 13.9. The Kier molecular flexibility index (Phi) is 6.93. The minimum atomic E-state index is -0.405. The minimum absolute atomic E-state index is 0.0406. The molecule has 0 bridgehead atoms. The van der Waals surface area contributed by atoms with Crippen molar-refractivity contribution in [2.45, 2.75) is 25.3 Å². The molecule has 1 atom stereocenters. The van der Waals surface area contributed by atoms with Crippen LogP contribution >= 0.6 is 0 Å². The van der Waals surface area contributed by atoms with Crippen LogP contribution in [-0.2, 0) is 14.3 Å². The molecule has 0 spiro atoms. The van der Waals surface area contributed by atoms with Gasteiger partial charge < -0.3 is 20.1 Å². The fourth-order valence-corrected chi connectivity index (χ4v) is 2.03. The van der Waals surface area contributed by atoms with Gasteiger partial charge in [-0.15, -0.1) is 0 Å². The molecule has 0 radical (unpaired) electrons. The van der Waals surface area contributed by atoms with Gasteiger partial charge in [0.15, 0.2) is 0 Å². The van der Waals surface area contributed by atoms with E-state index in [0.717, 1.165) is 19.4 Å². The van der Waals surface area contributed by atoms with Crippen LogP contribution in [0.15, 0.2) is 11.6 Å². The summed E-state index contributed by atoms with van der Waals surface area (Å²) in [5.41, 5.74) is 7.15. The van der Waals surface area contributed by atoms with Gasteiger partial charge in [0, 0.05) is 33.9 Å². The Morgan fingerprint density at radius 2 is 2.28 bits per heavy atom. The Morgan fingerprint density at radius 1 is 1.50 bits per heavy atom. The summed E-state index contributed by atoms with van der Waals surface area (Å²) in [6.07, 6.45) is 4.44. The third kappa shape index (κ3) is 4.76. The number of nitrogens with zero attached hydrogens (tertiary/aromatic N) is 1. The van der Waals surface area contributed by atoms with Crippen molar-refractivity contribution in [2.75, 3.05) is 40.5 Å². The van der Waals surface area contributed by atoms with E-state index in [2.05, 4.69) is 6.08 Å². The molecule has 1 unspecified atom stereocenters. The fraction of sp³-hybridized carbons (Fsp3) is 0.769. The largest absolute Gasteiger partial charge is 0.385 e. The number of hydrogen-bond donors (Lipinski definition) is 1. The molecule has 2 N–H and O–H groups in total. The molecule has 1 aliphatic heterocycles. The first-order valence-electron chi connectivity index (χ1n) is 6.39. The van der Waals surface area contributed by atoms with E-state index in [1.54, 1.807) is 14.2 Å². The third-order valence-corrected chi connectivity index (χ3v) is 3.13. The molecular formula is C13H24N2O3. The van der Waals surface area contributed by atoms with Crippen molar-refractivity contribution in [1.82, 2.24) is 4.90 Å². The molecule has 0 fully saturated rings. The van der Waals surface area contributed by atoms with Crippen LogP contribution in [-0.4, -0.2) is 57.4 Å². The Bertz CT molecular complexity index is 292. The highest BCUT2D eigenvalue weighted by Crippen LogP contribution is 2.12. The van der Waals surface area contributed by atoms with Gasteiger partial charge in [0.05, 0.1) is 12.6 Å². The zero-order valence-electron chi connectivity index (χ0n) is 11.4. The Hall–Kier alpha value is -0.910. The highest BCUT2D eigenvalue weighted by Gasteiger charge is 2.22. The molecule has 0 saturated heterocycles. The molecule has 0 saturated carbocycles. The second-order valence-electron chi connectivity index (χ2n) is 4.57. The van der Waals surface area contributed by atoms with E-state index in [0.29, 0.717) is 26.2 Å². The smallest absolute Gasteiger partial charge is 0.239 e.